The molecule has 118 valence electrons. The predicted octanol–water partition coefficient (Wildman–Crippen LogP) is 2.86. The number of carbonyl (C=O) groups is 1. The maximum atomic E-state index is 11.7. The van der Waals surface area contributed by atoms with Crippen LogP contribution in [0.5, 0.6) is 0 Å². The molecule has 0 saturated heterocycles. The van der Waals surface area contributed by atoms with Gasteiger partial charge in [0.15, 0.2) is 5.82 Å². The molecule has 0 saturated carbocycles. The number of nitrogens with zero attached hydrogens (tertiary/aromatic N) is 3. The highest BCUT2D eigenvalue weighted by atomic mass is 79.9. The fraction of sp³-hybridized carbons (Fsp3) is 0.357. The molecule has 1 aromatic heterocycles. The molecule has 22 heavy (non-hydrogen) atoms. The number of aromatic nitrogens is 3. The molecule has 1 heterocycles. The minimum Gasteiger partial charge on any atom is -0.459 e. The van der Waals surface area contributed by atoms with Crippen LogP contribution in [0.3, 0.4) is 0 Å². The van der Waals surface area contributed by atoms with E-state index in [4.69, 9.17) is 10.6 Å². The number of esters is 1. The Balaban J connectivity index is 2.09. The lowest BCUT2D eigenvalue weighted by molar-refractivity contribution is -0.151. The summed E-state index contributed by atoms with van der Waals surface area (Å²) in [5.41, 5.74) is 0.329. The van der Waals surface area contributed by atoms with Gasteiger partial charge >= 0.3 is 5.97 Å². The third-order valence-electron chi connectivity index (χ3n) is 2.52. The quantitative estimate of drug-likeness (QED) is 0.495. The summed E-state index contributed by atoms with van der Waals surface area (Å²) in [4.78, 5) is 11.7. The highest BCUT2D eigenvalue weighted by Gasteiger charge is 2.19. The van der Waals surface area contributed by atoms with Crippen LogP contribution in [0.25, 0.3) is 11.4 Å². The maximum Gasteiger partial charge on any atom is 0.316 e. The van der Waals surface area contributed by atoms with E-state index in [1.54, 1.807) is 0 Å². The molecule has 0 fully saturated rings. The number of hydrogen-bond donors (Lipinski definition) is 1. The lowest BCUT2D eigenvalue weighted by Gasteiger charge is -2.19. The van der Waals surface area contributed by atoms with Crippen molar-refractivity contribution in [3.63, 3.8) is 0 Å². The number of hydrogen-bond acceptors (Lipinski definition) is 6. The van der Waals surface area contributed by atoms with Gasteiger partial charge in [-0.25, -0.2) is 4.68 Å². The van der Waals surface area contributed by atoms with Crippen LogP contribution in [0, 0.1) is 0 Å². The average molecular weight is 385 g/mol. The van der Waals surface area contributed by atoms with Crippen molar-refractivity contribution in [1.29, 1.82) is 0 Å². The van der Waals surface area contributed by atoms with Gasteiger partial charge < -0.3 is 10.6 Å². The second-order valence-electron chi connectivity index (χ2n) is 5.53. The number of nitrogens with two attached hydrogens (primary N) is 1. The zero-order valence-electron chi connectivity index (χ0n) is 12.5. The predicted molar refractivity (Wildman–Crippen MR) is 89.9 cm³/mol. The van der Waals surface area contributed by atoms with Crippen LogP contribution in [-0.2, 0) is 9.53 Å². The molecule has 0 aliphatic carbocycles. The van der Waals surface area contributed by atoms with Crippen molar-refractivity contribution in [1.82, 2.24) is 14.9 Å². The molecule has 0 spiro atoms. The van der Waals surface area contributed by atoms with Crippen molar-refractivity contribution in [2.24, 2.45) is 0 Å². The van der Waals surface area contributed by atoms with E-state index in [0.29, 0.717) is 11.0 Å². The van der Waals surface area contributed by atoms with Crippen LogP contribution in [0.1, 0.15) is 20.8 Å². The average Bonchev–Trinajstić information content (AvgIpc) is 2.76. The molecule has 8 heteroatoms. The van der Waals surface area contributed by atoms with Crippen LogP contribution in [0.15, 0.2) is 33.9 Å². The van der Waals surface area contributed by atoms with Gasteiger partial charge in [-0.15, -0.1) is 10.2 Å². The molecule has 0 aliphatic rings. The fourth-order valence-corrected chi connectivity index (χ4v) is 2.79. The van der Waals surface area contributed by atoms with Crippen LogP contribution in [0.2, 0.25) is 0 Å². The van der Waals surface area contributed by atoms with Crippen molar-refractivity contribution in [2.75, 3.05) is 11.6 Å². The second-order valence-corrected chi connectivity index (χ2v) is 7.33. The summed E-state index contributed by atoms with van der Waals surface area (Å²) >= 11 is 4.65. The maximum absolute atomic E-state index is 11.7. The van der Waals surface area contributed by atoms with Gasteiger partial charge in [-0.1, -0.05) is 39.8 Å². The molecule has 6 nitrogen and oxygen atoms in total. The first-order valence-electron chi connectivity index (χ1n) is 6.58. The highest BCUT2D eigenvalue weighted by molar-refractivity contribution is 9.10. The molecule has 0 unspecified atom stereocenters. The van der Waals surface area contributed by atoms with Gasteiger partial charge in [0.2, 0.25) is 5.16 Å². The van der Waals surface area contributed by atoms with Gasteiger partial charge in [-0.05, 0) is 32.9 Å². The van der Waals surface area contributed by atoms with E-state index in [-0.39, 0.29) is 11.7 Å². The molecule has 2 rings (SSSR count). The summed E-state index contributed by atoms with van der Waals surface area (Å²) in [6.07, 6.45) is 0. The minimum absolute atomic E-state index is 0.128. The van der Waals surface area contributed by atoms with E-state index in [2.05, 4.69) is 26.1 Å². The molecule has 2 aromatic rings. The highest BCUT2D eigenvalue weighted by Crippen LogP contribution is 2.28. The van der Waals surface area contributed by atoms with Gasteiger partial charge in [0.1, 0.15) is 5.60 Å². The van der Waals surface area contributed by atoms with E-state index in [0.717, 1.165) is 10.0 Å². The molecule has 0 atom stereocenters. The Kier molecular flexibility index (Phi) is 5.12. The first-order chi connectivity index (χ1) is 10.3. The Morgan fingerprint density at radius 3 is 2.68 bits per heavy atom. The number of halogens is 1. The van der Waals surface area contributed by atoms with Crippen molar-refractivity contribution < 1.29 is 9.53 Å². The third kappa shape index (κ3) is 4.23. The van der Waals surface area contributed by atoms with E-state index in [9.17, 15) is 4.79 Å². The SMILES string of the molecule is CC(C)(C)OC(=O)CSc1nnc(-c2ccccc2Br)n1N. The van der Waals surface area contributed by atoms with E-state index in [1.165, 1.54) is 16.4 Å². The summed E-state index contributed by atoms with van der Waals surface area (Å²) in [6.45, 7) is 5.48. The van der Waals surface area contributed by atoms with Gasteiger partial charge in [-0.2, -0.15) is 0 Å². The zero-order valence-corrected chi connectivity index (χ0v) is 14.9. The molecular formula is C14H17BrN4O2S. The number of benzene rings is 1. The molecule has 0 radical (unpaired) electrons. The van der Waals surface area contributed by atoms with Crippen LogP contribution in [-0.4, -0.2) is 32.2 Å². The molecule has 0 aliphatic heterocycles. The standard InChI is InChI=1S/C14H17BrN4O2S/c1-14(2,3)21-11(20)8-22-13-18-17-12(19(13)16)9-6-4-5-7-10(9)15/h4-7H,8,16H2,1-3H3. The Hall–Kier alpha value is -1.54. The summed E-state index contributed by atoms with van der Waals surface area (Å²) in [5, 5.41) is 8.56. The number of thioether (sulfide) groups is 1. The zero-order chi connectivity index (χ0) is 16.3. The molecular weight excluding hydrogens is 368 g/mol. The lowest BCUT2D eigenvalue weighted by Crippen LogP contribution is -2.25. The van der Waals surface area contributed by atoms with Crippen LogP contribution < -0.4 is 5.84 Å². The Bertz CT molecular complexity index is 682. The Morgan fingerprint density at radius 2 is 2.05 bits per heavy atom. The molecule has 1 aromatic carbocycles. The molecule has 0 amide bonds. The largest absolute Gasteiger partial charge is 0.459 e. The van der Waals surface area contributed by atoms with Crippen LogP contribution >= 0.6 is 27.7 Å². The number of rotatable bonds is 4. The monoisotopic (exact) mass is 384 g/mol. The number of carbonyl (C=O) groups excluding carboxylic acids is 1. The smallest absolute Gasteiger partial charge is 0.316 e. The van der Waals surface area contributed by atoms with E-state index in [1.807, 2.05) is 45.0 Å². The van der Waals surface area contributed by atoms with Gasteiger partial charge in [0, 0.05) is 10.0 Å². The Labute approximate surface area is 141 Å². The lowest BCUT2D eigenvalue weighted by atomic mass is 10.2. The van der Waals surface area contributed by atoms with Crippen molar-refractivity contribution in [3.8, 4) is 11.4 Å². The van der Waals surface area contributed by atoms with E-state index >= 15 is 0 Å². The second kappa shape index (κ2) is 6.70. The van der Waals surface area contributed by atoms with Crippen LogP contribution in [0.4, 0.5) is 0 Å². The topological polar surface area (TPSA) is 83.0 Å². The van der Waals surface area contributed by atoms with E-state index < -0.39 is 5.60 Å². The van der Waals surface area contributed by atoms with Gasteiger partial charge in [-0.3, -0.25) is 4.79 Å². The van der Waals surface area contributed by atoms with Crippen molar-refractivity contribution >= 4 is 33.7 Å². The summed E-state index contributed by atoms with van der Waals surface area (Å²) < 4.78 is 7.49. The fourth-order valence-electron chi connectivity index (χ4n) is 1.70. The van der Waals surface area contributed by atoms with Gasteiger partial charge in [0.05, 0.1) is 5.75 Å². The van der Waals surface area contributed by atoms with Crippen molar-refractivity contribution in [3.05, 3.63) is 28.7 Å². The van der Waals surface area contributed by atoms with Gasteiger partial charge in [0.25, 0.3) is 0 Å². The molecule has 2 N–H and O–H groups in total. The normalized spacial score (nSPS) is 11.5. The molecule has 0 bridgehead atoms. The summed E-state index contributed by atoms with van der Waals surface area (Å²) in [7, 11) is 0. The number of ether oxygens (including phenoxy) is 1. The summed E-state index contributed by atoms with van der Waals surface area (Å²) in [6, 6.07) is 7.59. The Morgan fingerprint density at radius 1 is 1.36 bits per heavy atom. The first-order valence-corrected chi connectivity index (χ1v) is 8.36. The summed E-state index contributed by atoms with van der Waals surface area (Å²) in [5.74, 6) is 6.35. The first kappa shape index (κ1) is 16.8. The number of nitrogen functional groups attached to an aromatic ring is 1. The third-order valence-corrected chi connectivity index (χ3v) is 4.13. The van der Waals surface area contributed by atoms with Crippen molar-refractivity contribution in [2.45, 2.75) is 31.5 Å². The minimum atomic E-state index is -0.506.